The summed E-state index contributed by atoms with van der Waals surface area (Å²) in [5, 5.41) is 0. The van der Waals surface area contributed by atoms with Gasteiger partial charge in [-0.3, -0.25) is 4.79 Å². The van der Waals surface area contributed by atoms with Gasteiger partial charge in [-0.1, -0.05) is 13.8 Å². The molecule has 3 nitrogen and oxygen atoms in total. The van der Waals surface area contributed by atoms with Gasteiger partial charge in [-0.2, -0.15) is 0 Å². The number of amides is 1. The second-order valence-electron chi connectivity index (χ2n) is 4.73. The van der Waals surface area contributed by atoms with Crippen LogP contribution in [-0.4, -0.2) is 23.4 Å². The fourth-order valence-electron chi connectivity index (χ4n) is 1.57. The molecule has 0 aliphatic rings. The van der Waals surface area contributed by atoms with Crippen LogP contribution in [-0.2, 0) is 11.3 Å². The standard InChI is InChI=1S/C13H21BrN2OS/c1-4-16(8-10-5-6-12(14)18-10)13(17)7-11(15)9(2)3/h5-6,9,11H,4,7-8,15H2,1-3H3. The zero-order chi connectivity index (χ0) is 13.7. The van der Waals surface area contributed by atoms with Crippen molar-refractivity contribution in [2.45, 2.75) is 39.8 Å². The van der Waals surface area contributed by atoms with E-state index in [0.717, 1.165) is 10.3 Å². The highest BCUT2D eigenvalue weighted by Gasteiger charge is 2.18. The maximum absolute atomic E-state index is 12.1. The third-order valence-electron chi connectivity index (χ3n) is 2.98. The van der Waals surface area contributed by atoms with Gasteiger partial charge in [-0.05, 0) is 40.9 Å². The van der Waals surface area contributed by atoms with Crippen molar-refractivity contribution in [3.63, 3.8) is 0 Å². The van der Waals surface area contributed by atoms with Crippen molar-refractivity contribution < 1.29 is 4.79 Å². The van der Waals surface area contributed by atoms with E-state index < -0.39 is 0 Å². The van der Waals surface area contributed by atoms with E-state index in [-0.39, 0.29) is 11.9 Å². The third-order valence-corrected chi connectivity index (χ3v) is 4.59. The minimum atomic E-state index is -0.0541. The minimum Gasteiger partial charge on any atom is -0.338 e. The van der Waals surface area contributed by atoms with Gasteiger partial charge in [0.25, 0.3) is 0 Å². The van der Waals surface area contributed by atoms with E-state index in [0.29, 0.717) is 18.9 Å². The SMILES string of the molecule is CCN(Cc1ccc(Br)s1)C(=O)CC(N)C(C)C. The van der Waals surface area contributed by atoms with Crippen LogP contribution in [0, 0.1) is 5.92 Å². The molecule has 0 saturated carbocycles. The predicted octanol–water partition coefficient (Wildman–Crippen LogP) is 3.23. The molecule has 2 N–H and O–H groups in total. The lowest BCUT2D eigenvalue weighted by molar-refractivity contribution is -0.132. The van der Waals surface area contributed by atoms with Gasteiger partial charge in [0.15, 0.2) is 0 Å². The summed E-state index contributed by atoms with van der Waals surface area (Å²) < 4.78 is 1.10. The van der Waals surface area contributed by atoms with Crippen LogP contribution in [0.4, 0.5) is 0 Å². The Hall–Kier alpha value is -0.390. The number of rotatable bonds is 6. The van der Waals surface area contributed by atoms with Crippen LogP contribution in [0.3, 0.4) is 0 Å². The first-order chi connectivity index (χ1) is 8.43. The lowest BCUT2D eigenvalue weighted by Gasteiger charge is -2.23. The summed E-state index contributed by atoms with van der Waals surface area (Å²) in [6.07, 6.45) is 0.429. The molecule has 5 heteroatoms. The first-order valence-electron chi connectivity index (χ1n) is 6.21. The van der Waals surface area contributed by atoms with Crippen LogP contribution in [0.25, 0.3) is 0 Å². The van der Waals surface area contributed by atoms with Gasteiger partial charge in [-0.25, -0.2) is 0 Å². The number of hydrogen-bond acceptors (Lipinski definition) is 3. The van der Waals surface area contributed by atoms with Crippen molar-refractivity contribution in [1.29, 1.82) is 0 Å². The Bertz CT molecular complexity index is 392. The van der Waals surface area contributed by atoms with E-state index in [2.05, 4.69) is 15.9 Å². The molecule has 18 heavy (non-hydrogen) atoms. The average molecular weight is 333 g/mol. The summed E-state index contributed by atoms with van der Waals surface area (Å²) in [4.78, 5) is 15.2. The average Bonchev–Trinajstić information content (AvgIpc) is 2.71. The summed E-state index contributed by atoms with van der Waals surface area (Å²) in [5.74, 6) is 0.478. The van der Waals surface area contributed by atoms with E-state index in [1.165, 1.54) is 4.88 Å². The van der Waals surface area contributed by atoms with E-state index in [9.17, 15) is 4.79 Å². The molecular weight excluding hydrogens is 312 g/mol. The maximum Gasteiger partial charge on any atom is 0.224 e. The third kappa shape index (κ3) is 4.71. The van der Waals surface area contributed by atoms with Crippen molar-refractivity contribution >= 4 is 33.2 Å². The molecule has 0 aliphatic carbocycles. The van der Waals surface area contributed by atoms with Crippen LogP contribution in [0.1, 0.15) is 32.1 Å². The first-order valence-corrected chi connectivity index (χ1v) is 7.82. The van der Waals surface area contributed by atoms with Crippen molar-refractivity contribution in [3.05, 3.63) is 20.8 Å². The number of carbonyl (C=O) groups is 1. The Morgan fingerprint density at radius 3 is 2.61 bits per heavy atom. The van der Waals surface area contributed by atoms with Gasteiger partial charge in [0, 0.05) is 23.9 Å². The molecule has 0 bridgehead atoms. The molecule has 1 aromatic rings. The van der Waals surface area contributed by atoms with E-state index in [4.69, 9.17) is 5.73 Å². The van der Waals surface area contributed by atoms with E-state index in [1.807, 2.05) is 37.8 Å². The number of halogens is 1. The monoisotopic (exact) mass is 332 g/mol. The summed E-state index contributed by atoms with van der Waals surface area (Å²) in [7, 11) is 0. The molecule has 0 saturated heterocycles. The zero-order valence-corrected chi connectivity index (χ0v) is 13.6. The minimum absolute atomic E-state index is 0.0541. The number of nitrogens with zero attached hydrogens (tertiary/aromatic N) is 1. The van der Waals surface area contributed by atoms with Gasteiger partial charge >= 0.3 is 0 Å². The predicted molar refractivity (Wildman–Crippen MR) is 80.5 cm³/mol. The van der Waals surface area contributed by atoms with Crippen LogP contribution in [0.2, 0.25) is 0 Å². The van der Waals surface area contributed by atoms with E-state index >= 15 is 0 Å². The summed E-state index contributed by atoms with van der Waals surface area (Å²) in [6, 6.07) is 4.01. The second kappa shape index (κ2) is 7.26. The number of nitrogens with two attached hydrogens (primary N) is 1. The van der Waals surface area contributed by atoms with Crippen molar-refractivity contribution in [3.8, 4) is 0 Å². The molecule has 102 valence electrons. The van der Waals surface area contributed by atoms with Gasteiger partial charge in [0.05, 0.1) is 10.3 Å². The first kappa shape index (κ1) is 15.7. The highest BCUT2D eigenvalue weighted by atomic mass is 79.9. The summed E-state index contributed by atoms with van der Waals surface area (Å²) in [6.45, 7) is 7.49. The van der Waals surface area contributed by atoms with Gasteiger partial charge in [-0.15, -0.1) is 11.3 Å². The van der Waals surface area contributed by atoms with Crippen molar-refractivity contribution in [1.82, 2.24) is 4.90 Å². The zero-order valence-electron chi connectivity index (χ0n) is 11.1. The van der Waals surface area contributed by atoms with Crippen LogP contribution in [0.5, 0.6) is 0 Å². The Labute approximate surface area is 121 Å². The molecule has 0 aromatic carbocycles. The van der Waals surface area contributed by atoms with Crippen LogP contribution >= 0.6 is 27.3 Å². The van der Waals surface area contributed by atoms with Crippen molar-refractivity contribution in [2.24, 2.45) is 11.7 Å². The van der Waals surface area contributed by atoms with Gasteiger partial charge in [0.2, 0.25) is 5.91 Å². The number of hydrogen-bond donors (Lipinski definition) is 1. The Morgan fingerprint density at radius 1 is 1.50 bits per heavy atom. The molecule has 1 rings (SSSR count). The number of thiophene rings is 1. The smallest absolute Gasteiger partial charge is 0.224 e. The number of carbonyl (C=O) groups excluding carboxylic acids is 1. The van der Waals surface area contributed by atoms with Crippen molar-refractivity contribution in [2.75, 3.05) is 6.54 Å². The fraction of sp³-hybridized carbons (Fsp3) is 0.615. The Kier molecular flexibility index (Phi) is 6.32. The van der Waals surface area contributed by atoms with Gasteiger partial charge < -0.3 is 10.6 Å². The van der Waals surface area contributed by atoms with Crippen LogP contribution < -0.4 is 5.73 Å². The normalized spacial score (nSPS) is 12.8. The molecular formula is C13H21BrN2OS. The Morgan fingerprint density at radius 2 is 2.17 bits per heavy atom. The highest BCUT2D eigenvalue weighted by molar-refractivity contribution is 9.11. The summed E-state index contributed by atoms with van der Waals surface area (Å²) >= 11 is 5.10. The molecule has 1 atom stereocenters. The molecule has 1 amide bonds. The maximum atomic E-state index is 12.1. The largest absolute Gasteiger partial charge is 0.338 e. The molecule has 0 aliphatic heterocycles. The molecule has 0 spiro atoms. The molecule has 1 heterocycles. The highest BCUT2D eigenvalue weighted by Crippen LogP contribution is 2.23. The Balaban J connectivity index is 2.57. The molecule has 1 aromatic heterocycles. The van der Waals surface area contributed by atoms with Crippen LogP contribution in [0.15, 0.2) is 15.9 Å². The lowest BCUT2D eigenvalue weighted by Crippen LogP contribution is -2.37. The quantitative estimate of drug-likeness (QED) is 0.869. The second-order valence-corrected chi connectivity index (χ2v) is 7.27. The lowest BCUT2D eigenvalue weighted by atomic mass is 10.0. The van der Waals surface area contributed by atoms with E-state index in [1.54, 1.807) is 11.3 Å². The summed E-state index contributed by atoms with van der Waals surface area (Å²) in [5.41, 5.74) is 5.96. The topological polar surface area (TPSA) is 46.3 Å². The van der Waals surface area contributed by atoms with Gasteiger partial charge in [0.1, 0.15) is 0 Å². The molecule has 0 radical (unpaired) electrons. The molecule has 0 fully saturated rings. The molecule has 1 unspecified atom stereocenters. The fourth-order valence-corrected chi connectivity index (χ4v) is 3.07.